The molecule has 0 aliphatic carbocycles. The van der Waals surface area contributed by atoms with Crippen molar-refractivity contribution in [3.63, 3.8) is 0 Å². The number of halogens is 1. The van der Waals surface area contributed by atoms with Crippen molar-refractivity contribution in [2.45, 2.75) is 13.8 Å². The van der Waals surface area contributed by atoms with E-state index in [1.807, 2.05) is 44.2 Å². The van der Waals surface area contributed by atoms with Crippen molar-refractivity contribution in [1.82, 2.24) is 5.32 Å². The van der Waals surface area contributed by atoms with Gasteiger partial charge in [-0.2, -0.15) is 0 Å². The molecule has 2 rings (SSSR count). The Morgan fingerprint density at radius 2 is 1.87 bits per heavy atom. The normalized spacial score (nSPS) is 10.2. The van der Waals surface area contributed by atoms with Gasteiger partial charge in [0.25, 0.3) is 5.91 Å². The predicted octanol–water partition coefficient (Wildman–Crippen LogP) is 3.54. The summed E-state index contributed by atoms with van der Waals surface area (Å²) in [5.74, 6) is -0.412. The highest BCUT2D eigenvalue weighted by Crippen LogP contribution is 2.17. The van der Waals surface area contributed by atoms with Gasteiger partial charge in [-0.05, 0) is 59.6 Å². The van der Waals surface area contributed by atoms with E-state index in [-0.39, 0.29) is 18.4 Å². The highest BCUT2D eigenvalue weighted by Gasteiger charge is 2.16. The number of nitrogens with one attached hydrogen (secondary N) is 1. The van der Waals surface area contributed by atoms with E-state index in [1.54, 1.807) is 23.1 Å². The molecule has 0 aromatic heterocycles. The fourth-order valence-corrected chi connectivity index (χ4v) is 2.76. The average Bonchev–Trinajstić information content (AvgIpc) is 2.54. The number of hydrogen-bond donors (Lipinski definition) is 1. The number of anilines is 1. The van der Waals surface area contributed by atoms with Gasteiger partial charge >= 0.3 is 0 Å². The molecule has 0 saturated carbocycles. The molecule has 0 saturated heterocycles. The van der Waals surface area contributed by atoms with Crippen LogP contribution in [0.1, 0.15) is 22.8 Å². The number of carbonyl (C=O) groups excluding carboxylic acids is 2. The number of benzene rings is 2. The Hall–Kier alpha value is -2.14. The van der Waals surface area contributed by atoms with Gasteiger partial charge in [0.2, 0.25) is 5.91 Å². The summed E-state index contributed by atoms with van der Waals surface area (Å²) in [6.45, 7) is 4.40. The summed E-state index contributed by atoms with van der Waals surface area (Å²) in [4.78, 5) is 26.2. The molecule has 4 nitrogen and oxygen atoms in total. The minimum absolute atomic E-state index is 0.0397. The molecule has 0 fully saturated rings. The maximum absolute atomic E-state index is 12.4. The van der Waals surface area contributed by atoms with Crippen LogP contribution in [0, 0.1) is 6.92 Å². The van der Waals surface area contributed by atoms with E-state index in [0.717, 1.165) is 11.3 Å². The molecule has 1 N–H and O–H groups in total. The quantitative estimate of drug-likeness (QED) is 0.869. The SMILES string of the molecule is CCN(C(=O)CNC(=O)c1ccccc1Br)c1cccc(C)c1. The summed E-state index contributed by atoms with van der Waals surface area (Å²) >= 11 is 3.34. The topological polar surface area (TPSA) is 49.4 Å². The van der Waals surface area contributed by atoms with E-state index in [1.165, 1.54) is 0 Å². The van der Waals surface area contributed by atoms with Gasteiger partial charge in [0, 0.05) is 16.7 Å². The van der Waals surface area contributed by atoms with Crippen LogP contribution in [0.5, 0.6) is 0 Å². The fourth-order valence-electron chi connectivity index (χ4n) is 2.29. The summed E-state index contributed by atoms with van der Waals surface area (Å²) in [6.07, 6.45) is 0. The van der Waals surface area contributed by atoms with Crippen molar-refractivity contribution >= 4 is 33.4 Å². The van der Waals surface area contributed by atoms with Gasteiger partial charge in [0.05, 0.1) is 12.1 Å². The number of nitrogens with zero attached hydrogens (tertiary/aromatic N) is 1. The monoisotopic (exact) mass is 374 g/mol. The molecule has 5 heteroatoms. The van der Waals surface area contributed by atoms with Crippen LogP contribution in [-0.4, -0.2) is 24.9 Å². The largest absolute Gasteiger partial charge is 0.343 e. The number of aryl methyl sites for hydroxylation is 1. The minimum atomic E-state index is -0.272. The Balaban J connectivity index is 2.03. The third-order valence-electron chi connectivity index (χ3n) is 3.45. The molecule has 0 bridgehead atoms. The molecular weight excluding hydrogens is 356 g/mol. The Kier molecular flexibility index (Phi) is 5.93. The molecule has 23 heavy (non-hydrogen) atoms. The molecule has 0 unspecified atom stereocenters. The number of carbonyl (C=O) groups is 2. The van der Waals surface area contributed by atoms with Crippen molar-refractivity contribution in [3.8, 4) is 0 Å². The maximum atomic E-state index is 12.4. The molecule has 2 amide bonds. The second-order valence-corrected chi connectivity index (χ2v) is 5.99. The van der Waals surface area contributed by atoms with Gasteiger partial charge in [0.1, 0.15) is 0 Å². The molecule has 0 aliphatic rings. The Labute approximate surface area is 144 Å². The highest BCUT2D eigenvalue weighted by atomic mass is 79.9. The van der Waals surface area contributed by atoms with Crippen molar-refractivity contribution in [2.24, 2.45) is 0 Å². The summed E-state index contributed by atoms with van der Waals surface area (Å²) in [5, 5.41) is 2.68. The van der Waals surface area contributed by atoms with Gasteiger partial charge < -0.3 is 10.2 Å². The molecule has 0 heterocycles. The maximum Gasteiger partial charge on any atom is 0.252 e. The smallest absolute Gasteiger partial charge is 0.252 e. The summed E-state index contributed by atoms with van der Waals surface area (Å²) in [7, 11) is 0. The third-order valence-corrected chi connectivity index (χ3v) is 4.14. The predicted molar refractivity (Wildman–Crippen MR) is 95.7 cm³/mol. The van der Waals surface area contributed by atoms with Crippen LogP contribution in [0.2, 0.25) is 0 Å². The van der Waals surface area contributed by atoms with Crippen LogP contribution in [0.3, 0.4) is 0 Å². The van der Waals surface area contributed by atoms with Gasteiger partial charge in [-0.25, -0.2) is 0 Å². The number of amides is 2. The second-order valence-electron chi connectivity index (χ2n) is 5.14. The van der Waals surface area contributed by atoms with Crippen LogP contribution < -0.4 is 10.2 Å². The number of hydrogen-bond acceptors (Lipinski definition) is 2. The first kappa shape index (κ1) is 17.2. The lowest BCUT2D eigenvalue weighted by molar-refractivity contribution is -0.117. The molecule has 0 atom stereocenters. The molecule has 120 valence electrons. The lowest BCUT2D eigenvalue weighted by atomic mass is 10.2. The van der Waals surface area contributed by atoms with Crippen LogP contribution in [0.4, 0.5) is 5.69 Å². The van der Waals surface area contributed by atoms with Gasteiger partial charge in [-0.1, -0.05) is 24.3 Å². The Morgan fingerprint density at radius 1 is 1.13 bits per heavy atom. The second kappa shape index (κ2) is 7.92. The van der Waals surface area contributed by atoms with Crippen LogP contribution in [-0.2, 0) is 4.79 Å². The van der Waals surface area contributed by atoms with Crippen molar-refractivity contribution in [1.29, 1.82) is 0 Å². The lowest BCUT2D eigenvalue weighted by Gasteiger charge is -2.21. The number of likely N-dealkylation sites (N-methyl/N-ethyl adjacent to an activating group) is 1. The number of rotatable bonds is 5. The molecule has 0 spiro atoms. The van der Waals surface area contributed by atoms with E-state index in [4.69, 9.17) is 0 Å². The van der Waals surface area contributed by atoms with E-state index >= 15 is 0 Å². The van der Waals surface area contributed by atoms with Crippen molar-refractivity contribution in [2.75, 3.05) is 18.0 Å². The average molecular weight is 375 g/mol. The van der Waals surface area contributed by atoms with E-state index in [2.05, 4.69) is 21.2 Å². The molecular formula is C18H19BrN2O2. The summed E-state index contributed by atoms with van der Waals surface area (Å²) in [5.41, 5.74) is 2.44. The summed E-state index contributed by atoms with van der Waals surface area (Å²) < 4.78 is 0.705. The summed E-state index contributed by atoms with van der Waals surface area (Å²) in [6, 6.07) is 14.9. The zero-order valence-corrected chi connectivity index (χ0v) is 14.8. The van der Waals surface area contributed by atoms with Crippen molar-refractivity contribution in [3.05, 3.63) is 64.1 Å². The molecule has 0 radical (unpaired) electrons. The van der Waals surface area contributed by atoms with E-state index < -0.39 is 0 Å². The van der Waals surface area contributed by atoms with Crippen LogP contribution >= 0.6 is 15.9 Å². The molecule has 2 aromatic rings. The first-order chi connectivity index (χ1) is 11.0. The van der Waals surface area contributed by atoms with Gasteiger partial charge in [-0.15, -0.1) is 0 Å². The first-order valence-electron chi connectivity index (χ1n) is 7.42. The molecule has 2 aromatic carbocycles. The van der Waals surface area contributed by atoms with E-state index in [9.17, 15) is 9.59 Å². The van der Waals surface area contributed by atoms with Crippen LogP contribution in [0.25, 0.3) is 0 Å². The van der Waals surface area contributed by atoms with Crippen LogP contribution in [0.15, 0.2) is 53.0 Å². The van der Waals surface area contributed by atoms with Gasteiger partial charge in [0.15, 0.2) is 0 Å². The zero-order valence-electron chi connectivity index (χ0n) is 13.2. The lowest BCUT2D eigenvalue weighted by Crippen LogP contribution is -2.40. The minimum Gasteiger partial charge on any atom is -0.343 e. The fraction of sp³-hybridized carbons (Fsp3) is 0.222. The third kappa shape index (κ3) is 4.42. The van der Waals surface area contributed by atoms with Gasteiger partial charge in [-0.3, -0.25) is 9.59 Å². The standard InChI is InChI=1S/C18H19BrN2O2/c1-3-21(14-8-6-7-13(2)11-14)17(22)12-20-18(23)15-9-4-5-10-16(15)19/h4-11H,3,12H2,1-2H3,(H,20,23). The first-order valence-corrected chi connectivity index (χ1v) is 8.22. The van der Waals surface area contributed by atoms with Crippen molar-refractivity contribution < 1.29 is 9.59 Å². The highest BCUT2D eigenvalue weighted by molar-refractivity contribution is 9.10. The zero-order chi connectivity index (χ0) is 16.8. The Bertz CT molecular complexity index is 716. The Morgan fingerprint density at radius 3 is 2.52 bits per heavy atom. The van der Waals surface area contributed by atoms with E-state index in [0.29, 0.717) is 16.6 Å². The molecule has 0 aliphatic heterocycles.